The highest BCUT2D eigenvalue weighted by Gasteiger charge is 2.44. The molecule has 0 aliphatic heterocycles. The zero-order chi connectivity index (χ0) is 16.9. The second-order valence-electron chi connectivity index (χ2n) is 7.32. The van der Waals surface area contributed by atoms with Gasteiger partial charge in [-0.15, -0.1) is 24.0 Å². The fourth-order valence-corrected chi connectivity index (χ4v) is 2.82. The predicted octanol–water partition coefficient (Wildman–Crippen LogP) is 3.54. The number of hydrogen-bond acceptors (Lipinski definition) is 2. The number of aliphatic imine (C=N–C) groups is 1. The van der Waals surface area contributed by atoms with Crippen LogP contribution in [0.25, 0.3) is 0 Å². The SMILES string of the molecule is CN=C(NCCNC(C)(C)C)NCC1(c2cccc(Cl)c2)CC1.I. The third-order valence-electron chi connectivity index (χ3n) is 4.18. The van der Waals surface area contributed by atoms with Gasteiger partial charge in [-0.1, -0.05) is 23.7 Å². The van der Waals surface area contributed by atoms with Gasteiger partial charge >= 0.3 is 0 Å². The molecule has 0 spiro atoms. The van der Waals surface area contributed by atoms with E-state index in [9.17, 15) is 0 Å². The molecule has 0 atom stereocenters. The number of nitrogens with zero attached hydrogens (tertiary/aromatic N) is 1. The van der Waals surface area contributed by atoms with Crippen molar-refractivity contribution in [2.75, 3.05) is 26.7 Å². The second-order valence-corrected chi connectivity index (χ2v) is 7.76. The summed E-state index contributed by atoms with van der Waals surface area (Å²) in [5, 5.41) is 11.1. The summed E-state index contributed by atoms with van der Waals surface area (Å²) in [6.45, 7) is 9.15. The van der Waals surface area contributed by atoms with E-state index in [4.69, 9.17) is 11.6 Å². The van der Waals surface area contributed by atoms with E-state index in [1.807, 2.05) is 19.2 Å². The molecule has 6 heteroatoms. The number of hydrogen-bond donors (Lipinski definition) is 3. The summed E-state index contributed by atoms with van der Waals surface area (Å²) in [5.41, 5.74) is 1.68. The van der Waals surface area contributed by atoms with Gasteiger partial charge in [0.2, 0.25) is 0 Å². The molecule has 2 rings (SSSR count). The zero-order valence-electron chi connectivity index (χ0n) is 15.1. The quantitative estimate of drug-likeness (QED) is 0.261. The lowest BCUT2D eigenvalue weighted by atomic mass is 9.96. The number of guanidine groups is 1. The van der Waals surface area contributed by atoms with Crippen LogP contribution in [0.15, 0.2) is 29.3 Å². The van der Waals surface area contributed by atoms with Crippen molar-refractivity contribution in [3.05, 3.63) is 34.9 Å². The molecule has 1 aliphatic carbocycles. The smallest absolute Gasteiger partial charge is 0.191 e. The summed E-state index contributed by atoms with van der Waals surface area (Å²) in [7, 11) is 1.81. The lowest BCUT2D eigenvalue weighted by Gasteiger charge is -2.22. The highest BCUT2D eigenvalue weighted by atomic mass is 127. The zero-order valence-corrected chi connectivity index (χ0v) is 18.2. The standard InChI is InChI=1S/C18H29ClN4.HI/c1-17(2,3)23-11-10-21-16(20-4)22-13-18(8-9-18)14-6-5-7-15(19)12-14;/h5-7,12,23H,8-11,13H2,1-4H3,(H2,20,21,22);1H. The molecule has 4 nitrogen and oxygen atoms in total. The first-order valence-electron chi connectivity index (χ1n) is 8.30. The van der Waals surface area contributed by atoms with E-state index >= 15 is 0 Å². The monoisotopic (exact) mass is 464 g/mol. The van der Waals surface area contributed by atoms with E-state index in [2.05, 4.69) is 53.8 Å². The largest absolute Gasteiger partial charge is 0.356 e. The first-order chi connectivity index (χ1) is 10.8. The highest BCUT2D eigenvalue weighted by molar-refractivity contribution is 14.0. The van der Waals surface area contributed by atoms with Gasteiger partial charge in [-0.2, -0.15) is 0 Å². The molecule has 3 N–H and O–H groups in total. The van der Waals surface area contributed by atoms with Crippen LogP contribution < -0.4 is 16.0 Å². The van der Waals surface area contributed by atoms with Crippen molar-refractivity contribution in [1.29, 1.82) is 0 Å². The van der Waals surface area contributed by atoms with Crippen LogP contribution in [-0.4, -0.2) is 38.2 Å². The number of rotatable bonds is 6. The van der Waals surface area contributed by atoms with E-state index in [0.717, 1.165) is 30.6 Å². The van der Waals surface area contributed by atoms with Crippen molar-refractivity contribution in [1.82, 2.24) is 16.0 Å². The molecule has 0 aromatic heterocycles. The Kier molecular flexibility index (Phi) is 8.29. The fraction of sp³-hybridized carbons (Fsp3) is 0.611. The number of halogens is 2. The molecule has 1 aromatic rings. The number of nitrogens with one attached hydrogen (secondary N) is 3. The van der Waals surface area contributed by atoms with Crippen LogP contribution in [0.5, 0.6) is 0 Å². The first kappa shape index (κ1) is 21.5. The molecular formula is C18H30ClIN4. The average molecular weight is 465 g/mol. The van der Waals surface area contributed by atoms with Crippen LogP contribution in [-0.2, 0) is 5.41 Å². The molecule has 136 valence electrons. The Morgan fingerprint density at radius 3 is 2.46 bits per heavy atom. The predicted molar refractivity (Wildman–Crippen MR) is 115 cm³/mol. The molecule has 0 amide bonds. The minimum atomic E-state index is 0. The van der Waals surface area contributed by atoms with E-state index in [1.165, 1.54) is 18.4 Å². The van der Waals surface area contributed by atoms with Crippen molar-refractivity contribution in [3.63, 3.8) is 0 Å². The van der Waals surface area contributed by atoms with Crippen molar-refractivity contribution in [3.8, 4) is 0 Å². The van der Waals surface area contributed by atoms with Crippen molar-refractivity contribution < 1.29 is 0 Å². The van der Waals surface area contributed by atoms with Crippen LogP contribution in [0, 0.1) is 0 Å². The van der Waals surface area contributed by atoms with Gasteiger partial charge in [-0.05, 0) is 51.3 Å². The lowest BCUT2D eigenvalue weighted by Crippen LogP contribution is -2.46. The van der Waals surface area contributed by atoms with E-state index in [0.29, 0.717) is 0 Å². The van der Waals surface area contributed by atoms with Gasteiger partial charge in [0.15, 0.2) is 5.96 Å². The van der Waals surface area contributed by atoms with Crippen molar-refractivity contribution in [2.24, 2.45) is 4.99 Å². The molecular weight excluding hydrogens is 435 g/mol. The number of benzene rings is 1. The van der Waals surface area contributed by atoms with Crippen LogP contribution in [0.4, 0.5) is 0 Å². The van der Waals surface area contributed by atoms with Crippen LogP contribution in [0.3, 0.4) is 0 Å². The summed E-state index contributed by atoms with van der Waals surface area (Å²) in [6, 6.07) is 8.21. The minimum absolute atomic E-state index is 0. The molecule has 1 aliphatic rings. The Labute approximate surface area is 168 Å². The van der Waals surface area contributed by atoms with E-state index in [-0.39, 0.29) is 34.9 Å². The van der Waals surface area contributed by atoms with Gasteiger partial charge in [0, 0.05) is 42.7 Å². The molecule has 0 heterocycles. The van der Waals surface area contributed by atoms with Crippen molar-refractivity contribution >= 4 is 41.5 Å². The highest BCUT2D eigenvalue weighted by Crippen LogP contribution is 2.48. The van der Waals surface area contributed by atoms with Gasteiger partial charge < -0.3 is 16.0 Å². The Bertz CT molecular complexity index is 550. The molecule has 0 bridgehead atoms. The molecule has 1 fully saturated rings. The van der Waals surface area contributed by atoms with Gasteiger partial charge in [0.25, 0.3) is 0 Å². The molecule has 1 saturated carbocycles. The van der Waals surface area contributed by atoms with E-state index in [1.54, 1.807) is 0 Å². The van der Waals surface area contributed by atoms with Crippen molar-refractivity contribution in [2.45, 2.75) is 44.6 Å². The molecule has 0 radical (unpaired) electrons. The van der Waals surface area contributed by atoms with Crippen LogP contribution >= 0.6 is 35.6 Å². The maximum Gasteiger partial charge on any atom is 0.191 e. The third-order valence-corrected chi connectivity index (χ3v) is 4.42. The van der Waals surface area contributed by atoms with Crippen LogP contribution in [0.2, 0.25) is 5.02 Å². The van der Waals surface area contributed by atoms with Gasteiger partial charge in [-0.3, -0.25) is 4.99 Å². The lowest BCUT2D eigenvalue weighted by molar-refractivity contribution is 0.428. The Balaban J connectivity index is 0.00000288. The van der Waals surface area contributed by atoms with Crippen LogP contribution in [0.1, 0.15) is 39.2 Å². The maximum absolute atomic E-state index is 6.13. The summed E-state index contributed by atoms with van der Waals surface area (Å²) < 4.78 is 0. The topological polar surface area (TPSA) is 48.5 Å². The van der Waals surface area contributed by atoms with Gasteiger partial charge in [-0.25, -0.2) is 0 Å². The minimum Gasteiger partial charge on any atom is -0.356 e. The normalized spacial score (nSPS) is 16.3. The fourth-order valence-electron chi connectivity index (χ4n) is 2.63. The summed E-state index contributed by atoms with van der Waals surface area (Å²) in [4.78, 5) is 4.30. The average Bonchev–Trinajstić information content (AvgIpc) is 3.27. The molecule has 0 saturated heterocycles. The Hall–Kier alpha value is -0.530. The third kappa shape index (κ3) is 6.76. The van der Waals surface area contributed by atoms with Gasteiger partial charge in [0.05, 0.1) is 0 Å². The summed E-state index contributed by atoms with van der Waals surface area (Å²) in [6.07, 6.45) is 2.39. The van der Waals surface area contributed by atoms with E-state index < -0.39 is 0 Å². The maximum atomic E-state index is 6.13. The molecule has 24 heavy (non-hydrogen) atoms. The summed E-state index contributed by atoms with van der Waals surface area (Å²) >= 11 is 6.13. The van der Waals surface area contributed by atoms with Gasteiger partial charge in [0.1, 0.15) is 0 Å². The summed E-state index contributed by atoms with van der Waals surface area (Å²) in [5.74, 6) is 0.856. The first-order valence-corrected chi connectivity index (χ1v) is 8.68. The molecule has 0 unspecified atom stereocenters. The Morgan fingerprint density at radius 1 is 1.21 bits per heavy atom. The Morgan fingerprint density at radius 2 is 1.92 bits per heavy atom. The molecule has 1 aromatic carbocycles. The second kappa shape index (κ2) is 9.25.